The Hall–Kier alpha value is -6.36. The third kappa shape index (κ3) is 79.7. The number of unbranched alkanes of at least 4 members (excludes halogenated alkanes) is 15. The smallest absolute Gasteiger partial charge is 0.462 e. The molecular formula is C91H144O17P2. The fraction of sp³-hybridized carbons (Fsp3) is 0.582. The number of allylic oxidation sites excluding steroid dienone is 34. The second kappa shape index (κ2) is 80.7. The van der Waals surface area contributed by atoms with E-state index in [1.165, 1.54) is 0 Å². The van der Waals surface area contributed by atoms with Gasteiger partial charge < -0.3 is 33.8 Å². The molecule has 19 heteroatoms. The minimum absolute atomic E-state index is 0.0382. The first-order chi connectivity index (χ1) is 53.7. The van der Waals surface area contributed by atoms with Crippen LogP contribution in [0, 0.1) is 0 Å². The van der Waals surface area contributed by atoms with Crippen LogP contribution in [0.3, 0.4) is 0 Å². The Morgan fingerprint density at radius 2 is 0.445 bits per heavy atom. The van der Waals surface area contributed by atoms with E-state index in [1.54, 1.807) is 0 Å². The highest BCUT2D eigenvalue weighted by Gasteiger charge is 2.30. The van der Waals surface area contributed by atoms with E-state index in [0.717, 1.165) is 205 Å². The summed E-state index contributed by atoms with van der Waals surface area (Å²) in [6.07, 6.45) is 101. The molecule has 0 bridgehead atoms. The molecular weight excluding hydrogens is 1430 g/mol. The van der Waals surface area contributed by atoms with Crippen LogP contribution in [0.2, 0.25) is 0 Å². The number of rotatable bonds is 75. The maximum absolute atomic E-state index is 13.1. The molecule has 0 rings (SSSR count). The number of ether oxygens (including phenoxy) is 4. The van der Waals surface area contributed by atoms with Gasteiger partial charge in [-0.1, -0.05) is 279 Å². The van der Waals surface area contributed by atoms with Gasteiger partial charge in [-0.2, -0.15) is 0 Å². The van der Waals surface area contributed by atoms with E-state index in [1.807, 2.05) is 0 Å². The summed E-state index contributed by atoms with van der Waals surface area (Å²) in [5, 5.41) is 10.7. The highest BCUT2D eigenvalue weighted by molar-refractivity contribution is 7.47. The minimum Gasteiger partial charge on any atom is -0.462 e. The summed E-state index contributed by atoms with van der Waals surface area (Å²) in [5.41, 5.74) is 0. The van der Waals surface area contributed by atoms with Crippen molar-refractivity contribution in [3.05, 3.63) is 207 Å². The molecule has 0 saturated heterocycles. The van der Waals surface area contributed by atoms with E-state index in [-0.39, 0.29) is 25.7 Å². The van der Waals surface area contributed by atoms with E-state index in [9.17, 15) is 43.2 Å². The number of aliphatic hydroxyl groups is 1. The topological polar surface area (TPSA) is 237 Å². The molecule has 0 fully saturated rings. The van der Waals surface area contributed by atoms with Crippen LogP contribution in [0.25, 0.3) is 0 Å². The third-order valence-corrected chi connectivity index (χ3v) is 18.1. The second-order valence-electron chi connectivity index (χ2n) is 26.5. The molecule has 0 aromatic rings. The molecule has 0 spiro atoms. The molecule has 5 atom stereocenters. The molecule has 0 aliphatic rings. The molecule has 3 N–H and O–H groups in total. The van der Waals surface area contributed by atoms with E-state index in [2.05, 4.69) is 234 Å². The fourth-order valence-electron chi connectivity index (χ4n) is 10.1. The average molecular weight is 1570 g/mol. The van der Waals surface area contributed by atoms with Crippen LogP contribution in [-0.4, -0.2) is 96.7 Å². The maximum atomic E-state index is 13.1. The lowest BCUT2D eigenvalue weighted by Crippen LogP contribution is -2.30. The summed E-state index contributed by atoms with van der Waals surface area (Å²) < 4.78 is 68.7. The van der Waals surface area contributed by atoms with Crippen LogP contribution in [0.15, 0.2) is 207 Å². The summed E-state index contributed by atoms with van der Waals surface area (Å²) >= 11 is 0. The van der Waals surface area contributed by atoms with Gasteiger partial charge in [0.15, 0.2) is 12.2 Å². The summed E-state index contributed by atoms with van der Waals surface area (Å²) in [7, 11) is -10.0. The van der Waals surface area contributed by atoms with Crippen molar-refractivity contribution in [1.82, 2.24) is 0 Å². The molecule has 0 amide bonds. The molecule has 0 radical (unpaired) electrons. The Morgan fingerprint density at radius 3 is 0.691 bits per heavy atom. The van der Waals surface area contributed by atoms with Crippen LogP contribution in [-0.2, 0) is 65.4 Å². The van der Waals surface area contributed by atoms with Crippen molar-refractivity contribution in [2.75, 3.05) is 39.6 Å². The Balaban J connectivity index is 5.51. The van der Waals surface area contributed by atoms with Crippen molar-refractivity contribution in [3.63, 3.8) is 0 Å². The van der Waals surface area contributed by atoms with E-state index >= 15 is 0 Å². The number of phosphoric ester groups is 2. The molecule has 0 heterocycles. The average Bonchev–Trinajstić information content (AvgIpc) is 0.900. The first-order valence-electron chi connectivity index (χ1n) is 41.3. The molecule has 0 aromatic carbocycles. The summed E-state index contributed by atoms with van der Waals surface area (Å²) in [6, 6.07) is 0. The van der Waals surface area contributed by atoms with Gasteiger partial charge in [-0.15, -0.1) is 0 Å². The van der Waals surface area contributed by atoms with Crippen LogP contribution in [0.4, 0.5) is 0 Å². The fourth-order valence-corrected chi connectivity index (χ4v) is 11.7. The van der Waals surface area contributed by atoms with Gasteiger partial charge in [0.2, 0.25) is 0 Å². The van der Waals surface area contributed by atoms with Gasteiger partial charge in [-0.3, -0.25) is 37.3 Å². The lowest BCUT2D eigenvalue weighted by molar-refractivity contribution is -0.161. The van der Waals surface area contributed by atoms with Gasteiger partial charge in [-0.05, 0) is 186 Å². The van der Waals surface area contributed by atoms with Crippen LogP contribution >= 0.6 is 15.6 Å². The molecule has 5 unspecified atom stereocenters. The summed E-state index contributed by atoms with van der Waals surface area (Å²) in [6.45, 7) is 4.28. The predicted molar refractivity (Wildman–Crippen MR) is 454 cm³/mol. The second-order valence-corrected chi connectivity index (χ2v) is 29.4. The quantitative estimate of drug-likeness (QED) is 0.0169. The van der Waals surface area contributed by atoms with Crippen molar-refractivity contribution < 1.29 is 80.2 Å². The number of carbonyl (C=O) groups is 4. The molecule has 0 aliphatic heterocycles. The number of hydrogen-bond acceptors (Lipinski definition) is 15. The molecule has 0 aromatic heterocycles. The van der Waals surface area contributed by atoms with Crippen LogP contribution in [0.5, 0.6) is 0 Å². The number of aliphatic hydroxyl groups excluding tert-OH is 1. The molecule has 17 nitrogen and oxygen atoms in total. The van der Waals surface area contributed by atoms with Gasteiger partial charge in [0, 0.05) is 25.7 Å². The van der Waals surface area contributed by atoms with Crippen molar-refractivity contribution in [3.8, 4) is 0 Å². The first-order valence-corrected chi connectivity index (χ1v) is 44.3. The maximum Gasteiger partial charge on any atom is 0.472 e. The van der Waals surface area contributed by atoms with Crippen molar-refractivity contribution in [1.29, 1.82) is 0 Å². The molecule has 620 valence electrons. The van der Waals surface area contributed by atoms with E-state index in [0.29, 0.717) is 25.7 Å². The van der Waals surface area contributed by atoms with Gasteiger partial charge in [0.25, 0.3) is 0 Å². The van der Waals surface area contributed by atoms with Crippen molar-refractivity contribution >= 4 is 39.5 Å². The monoisotopic (exact) mass is 1570 g/mol. The zero-order chi connectivity index (χ0) is 80.3. The van der Waals surface area contributed by atoms with Crippen molar-refractivity contribution in [2.45, 2.75) is 303 Å². The number of carbonyl (C=O) groups excluding carboxylic acids is 4. The van der Waals surface area contributed by atoms with Gasteiger partial charge in [0.05, 0.1) is 26.4 Å². The standard InChI is InChI=1S/C91H144O17P2/c1-5-9-13-17-21-25-29-33-37-40-42-45-49-52-56-60-64-68-72-76-89(94)102-82-87(108-91(96)78-74-70-66-62-58-54-50-46-43-41-38-34-30-26-22-18-14-10-6-2)84-106-110(99,100)104-80-85(92)79-103-109(97,98)105-83-86(107-90(95)77-73-69-65-61-57-53-47-36-32-28-24-20-16-12-8-4)81-101-88(93)75-71-67-63-59-55-51-48-44-39-35-31-27-23-19-15-11-7-3/h9-16,21-28,33-39,42-43,45-48,51-52,54,56,58,85-87,92H,5-8,17-20,29-32,40-41,44,49-50,53,55,57,59-84H2,1-4H3,(H,97,98)(H,99,100)/b13-9-,14-10-,15-11-,16-12-,25-21-,26-22-,27-23-,28-24-,37-33-,38-34-,39-35-,45-42-,46-43-,47-36-,51-48-,56-52-,58-54-. The van der Waals surface area contributed by atoms with Crippen molar-refractivity contribution in [2.24, 2.45) is 0 Å². The van der Waals surface area contributed by atoms with Crippen LogP contribution in [0.1, 0.15) is 285 Å². The number of hydrogen-bond donors (Lipinski definition) is 3. The van der Waals surface area contributed by atoms with Gasteiger partial charge in [-0.25, -0.2) is 9.13 Å². The summed E-state index contributed by atoms with van der Waals surface area (Å²) in [5.74, 6) is -2.32. The van der Waals surface area contributed by atoms with Crippen LogP contribution < -0.4 is 0 Å². The zero-order valence-electron chi connectivity index (χ0n) is 67.8. The number of phosphoric acid groups is 2. The predicted octanol–water partition coefficient (Wildman–Crippen LogP) is 24.7. The van der Waals surface area contributed by atoms with Gasteiger partial charge >= 0.3 is 39.5 Å². The Morgan fingerprint density at radius 1 is 0.255 bits per heavy atom. The lowest BCUT2D eigenvalue weighted by atomic mass is 10.1. The highest BCUT2D eigenvalue weighted by Crippen LogP contribution is 2.45. The highest BCUT2D eigenvalue weighted by atomic mass is 31.2. The lowest BCUT2D eigenvalue weighted by Gasteiger charge is -2.21. The Bertz CT molecular complexity index is 2900. The Kier molecular flexibility index (Phi) is 76.0. The minimum atomic E-state index is -5.01. The molecule has 0 aliphatic carbocycles. The molecule has 0 saturated carbocycles. The molecule has 110 heavy (non-hydrogen) atoms. The Labute approximate surface area is 665 Å². The largest absolute Gasteiger partial charge is 0.472 e. The SMILES string of the molecule is CC/C=C\C/C=C\C/C=C\C/C=C\C/C=C\CCCCCC(=O)OCC(COP(=O)(O)OCC(O)COP(=O)(O)OCC(COC(=O)CCCCCC/C=C\C/C=C\C/C=C\C/C=C\CC)OC(=O)CCCCCCC/C=C\C/C=C\C/C=C\CC)OC(=O)CCCCC/C=C\C/C=C\C/C=C\C/C=C\C/C=C\CC. The zero-order valence-corrected chi connectivity index (χ0v) is 69.6. The summed E-state index contributed by atoms with van der Waals surface area (Å²) in [4.78, 5) is 73.2. The van der Waals surface area contributed by atoms with E-state index < -0.39 is 97.5 Å². The third-order valence-electron chi connectivity index (χ3n) is 16.2. The van der Waals surface area contributed by atoms with E-state index in [4.69, 9.17) is 37.0 Å². The number of esters is 4. The first kappa shape index (κ1) is 104. The normalized spacial score (nSPS) is 14.9. The van der Waals surface area contributed by atoms with Gasteiger partial charge in [0.1, 0.15) is 19.3 Å².